The molecule has 0 aromatic rings. The van der Waals surface area contributed by atoms with E-state index in [9.17, 15) is 4.79 Å². The van der Waals surface area contributed by atoms with Gasteiger partial charge in [-0.1, -0.05) is 12.8 Å². The lowest BCUT2D eigenvalue weighted by molar-refractivity contribution is -0.120. The molecular formula is C16H31N5O. The van der Waals surface area contributed by atoms with E-state index in [0.717, 1.165) is 25.0 Å². The van der Waals surface area contributed by atoms with Crippen molar-refractivity contribution in [1.29, 1.82) is 0 Å². The molecule has 2 aliphatic rings. The van der Waals surface area contributed by atoms with Gasteiger partial charge < -0.3 is 16.0 Å². The van der Waals surface area contributed by atoms with Gasteiger partial charge in [0.1, 0.15) is 0 Å². The van der Waals surface area contributed by atoms with Gasteiger partial charge in [0.25, 0.3) is 0 Å². The third-order valence-corrected chi connectivity index (χ3v) is 4.49. The molecule has 0 spiro atoms. The quantitative estimate of drug-likeness (QED) is 0.516. The van der Waals surface area contributed by atoms with Crippen LogP contribution in [0.4, 0.5) is 0 Å². The van der Waals surface area contributed by atoms with E-state index in [-0.39, 0.29) is 18.5 Å². The van der Waals surface area contributed by atoms with Crippen LogP contribution < -0.4 is 16.0 Å². The van der Waals surface area contributed by atoms with Crippen molar-refractivity contribution in [3.8, 4) is 0 Å². The standard InChI is InChI=1S/C16H31N5O/c1-12(2)19-15(22)10-18-16(17-3)20-13-8-9-21(11-13)14-6-4-5-7-14/h12-14H,4-11H2,1-3H3,(H,19,22)(H2,17,18,20). The number of aliphatic imine (C=N–C) groups is 1. The van der Waals surface area contributed by atoms with Crippen LogP contribution in [0.5, 0.6) is 0 Å². The number of amides is 1. The largest absolute Gasteiger partial charge is 0.352 e. The van der Waals surface area contributed by atoms with Crippen LogP contribution in [0.15, 0.2) is 4.99 Å². The second kappa shape index (κ2) is 8.36. The summed E-state index contributed by atoms with van der Waals surface area (Å²) in [5.41, 5.74) is 0. The minimum Gasteiger partial charge on any atom is -0.352 e. The summed E-state index contributed by atoms with van der Waals surface area (Å²) >= 11 is 0. The molecule has 3 N–H and O–H groups in total. The molecule has 0 bridgehead atoms. The van der Waals surface area contributed by atoms with Crippen LogP contribution in [-0.4, -0.2) is 61.6 Å². The van der Waals surface area contributed by atoms with Gasteiger partial charge in [-0.25, -0.2) is 0 Å². The average Bonchev–Trinajstić information content (AvgIpc) is 3.13. The fourth-order valence-corrected chi connectivity index (χ4v) is 3.43. The topological polar surface area (TPSA) is 68.8 Å². The SMILES string of the molecule is CN=C(NCC(=O)NC(C)C)NC1CCN(C2CCCC2)C1. The Hall–Kier alpha value is -1.30. The molecule has 1 atom stereocenters. The van der Waals surface area contributed by atoms with Gasteiger partial charge in [-0.05, 0) is 33.1 Å². The molecule has 2 fully saturated rings. The first-order chi connectivity index (χ1) is 10.6. The Kier molecular flexibility index (Phi) is 6.49. The van der Waals surface area contributed by atoms with Crippen molar-refractivity contribution in [2.75, 3.05) is 26.7 Å². The van der Waals surface area contributed by atoms with E-state index in [1.165, 1.54) is 32.2 Å². The molecule has 0 aromatic carbocycles. The first-order valence-electron chi connectivity index (χ1n) is 8.59. The lowest BCUT2D eigenvalue weighted by Crippen LogP contribution is -2.48. The summed E-state index contributed by atoms with van der Waals surface area (Å²) < 4.78 is 0. The lowest BCUT2D eigenvalue weighted by Gasteiger charge is -2.24. The predicted molar refractivity (Wildman–Crippen MR) is 90.0 cm³/mol. The normalized spacial score (nSPS) is 24.0. The summed E-state index contributed by atoms with van der Waals surface area (Å²) in [6.45, 7) is 6.44. The maximum absolute atomic E-state index is 11.7. The minimum atomic E-state index is -0.00282. The van der Waals surface area contributed by atoms with Crippen LogP contribution in [0.3, 0.4) is 0 Å². The Morgan fingerprint density at radius 2 is 2.00 bits per heavy atom. The highest BCUT2D eigenvalue weighted by molar-refractivity contribution is 5.86. The van der Waals surface area contributed by atoms with Crippen LogP contribution in [0, 0.1) is 0 Å². The number of hydrogen-bond donors (Lipinski definition) is 3. The second-order valence-corrected chi connectivity index (χ2v) is 6.71. The Morgan fingerprint density at radius 1 is 1.27 bits per heavy atom. The third-order valence-electron chi connectivity index (χ3n) is 4.49. The molecule has 1 heterocycles. The van der Waals surface area contributed by atoms with Crippen molar-refractivity contribution in [3.05, 3.63) is 0 Å². The van der Waals surface area contributed by atoms with Crippen molar-refractivity contribution < 1.29 is 4.79 Å². The van der Waals surface area contributed by atoms with Crippen LogP contribution >= 0.6 is 0 Å². The number of nitrogens with one attached hydrogen (secondary N) is 3. The van der Waals surface area contributed by atoms with Crippen molar-refractivity contribution in [2.24, 2.45) is 4.99 Å². The highest BCUT2D eigenvalue weighted by Crippen LogP contribution is 2.26. The van der Waals surface area contributed by atoms with E-state index in [2.05, 4.69) is 25.8 Å². The maximum Gasteiger partial charge on any atom is 0.239 e. The Morgan fingerprint density at radius 3 is 2.64 bits per heavy atom. The van der Waals surface area contributed by atoms with Gasteiger partial charge >= 0.3 is 0 Å². The highest BCUT2D eigenvalue weighted by Gasteiger charge is 2.30. The maximum atomic E-state index is 11.7. The lowest BCUT2D eigenvalue weighted by atomic mass is 10.2. The monoisotopic (exact) mass is 309 g/mol. The number of rotatable bonds is 5. The Bertz CT molecular complexity index is 390. The molecule has 1 saturated heterocycles. The van der Waals surface area contributed by atoms with Crippen molar-refractivity contribution in [3.63, 3.8) is 0 Å². The predicted octanol–water partition coefficient (Wildman–Crippen LogP) is 0.693. The molecule has 126 valence electrons. The van der Waals surface area contributed by atoms with Gasteiger partial charge in [-0.2, -0.15) is 0 Å². The second-order valence-electron chi connectivity index (χ2n) is 6.71. The first kappa shape index (κ1) is 17.1. The van der Waals surface area contributed by atoms with Crippen LogP contribution in [-0.2, 0) is 4.79 Å². The molecule has 1 unspecified atom stereocenters. The van der Waals surface area contributed by atoms with E-state index in [1.807, 2.05) is 13.8 Å². The minimum absolute atomic E-state index is 0.00282. The van der Waals surface area contributed by atoms with Crippen LogP contribution in [0.2, 0.25) is 0 Å². The summed E-state index contributed by atoms with van der Waals surface area (Å²) in [5.74, 6) is 0.717. The first-order valence-corrected chi connectivity index (χ1v) is 8.59. The molecule has 6 nitrogen and oxygen atoms in total. The van der Waals surface area contributed by atoms with E-state index < -0.39 is 0 Å². The molecular weight excluding hydrogens is 278 g/mol. The molecule has 22 heavy (non-hydrogen) atoms. The van der Waals surface area contributed by atoms with Gasteiger partial charge in [0.15, 0.2) is 5.96 Å². The summed E-state index contributed by atoms with van der Waals surface area (Å²) in [4.78, 5) is 18.5. The van der Waals surface area contributed by atoms with Gasteiger partial charge in [0.05, 0.1) is 6.54 Å². The van der Waals surface area contributed by atoms with Crippen molar-refractivity contribution in [2.45, 2.75) is 64.1 Å². The number of nitrogens with zero attached hydrogens (tertiary/aromatic N) is 2. The average molecular weight is 309 g/mol. The van der Waals surface area contributed by atoms with Crippen molar-refractivity contribution in [1.82, 2.24) is 20.9 Å². The number of guanidine groups is 1. The molecule has 0 radical (unpaired) electrons. The summed E-state index contributed by atoms with van der Waals surface area (Å²) in [5, 5.41) is 9.41. The Labute approximate surface area is 134 Å². The van der Waals surface area contributed by atoms with E-state index in [1.54, 1.807) is 7.05 Å². The van der Waals surface area contributed by atoms with Crippen LogP contribution in [0.25, 0.3) is 0 Å². The molecule has 2 rings (SSSR count). The number of hydrogen-bond acceptors (Lipinski definition) is 3. The molecule has 1 saturated carbocycles. The fraction of sp³-hybridized carbons (Fsp3) is 0.875. The molecule has 1 aliphatic heterocycles. The number of likely N-dealkylation sites (tertiary alicyclic amines) is 1. The van der Waals surface area contributed by atoms with Crippen LogP contribution in [0.1, 0.15) is 46.0 Å². The van der Waals surface area contributed by atoms with Crippen molar-refractivity contribution >= 4 is 11.9 Å². The van der Waals surface area contributed by atoms with Gasteiger partial charge in [0.2, 0.25) is 5.91 Å². The zero-order valence-corrected chi connectivity index (χ0v) is 14.2. The summed E-state index contributed by atoms with van der Waals surface area (Å²) in [6, 6.07) is 1.39. The fourth-order valence-electron chi connectivity index (χ4n) is 3.43. The zero-order valence-electron chi connectivity index (χ0n) is 14.2. The summed E-state index contributed by atoms with van der Waals surface area (Å²) in [6.07, 6.45) is 6.63. The highest BCUT2D eigenvalue weighted by atomic mass is 16.1. The van der Waals surface area contributed by atoms with Gasteiger partial charge in [-0.3, -0.25) is 14.7 Å². The smallest absolute Gasteiger partial charge is 0.239 e. The molecule has 6 heteroatoms. The van der Waals surface area contributed by atoms with Gasteiger partial charge in [-0.15, -0.1) is 0 Å². The zero-order chi connectivity index (χ0) is 15.9. The number of carbonyl (C=O) groups excluding carboxylic acids is 1. The molecule has 1 amide bonds. The van der Waals surface area contributed by atoms with E-state index in [0.29, 0.717) is 6.04 Å². The molecule has 0 aromatic heterocycles. The van der Waals surface area contributed by atoms with E-state index >= 15 is 0 Å². The van der Waals surface area contributed by atoms with Gasteiger partial charge in [0, 0.05) is 38.3 Å². The third kappa shape index (κ3) is 5.16. The summed E-state index contributed by atoms with van der Waals surface area (Å²) in [7, 11) is 1.75. The Balaban J connectivity index is 1.71. The number of carbonyl (C=O) groups is 1. The van der Waals surface area contributed by atoms with E-state index in [4.69, 9.17) is 0 Å². The molecule has 1 aliphatic carbocycles.